The number of rotatable bonds is 12. The van der Waals surface area contributed by atoms with E-state index in [0.29, 0.717) is 11.3 Å². The van der Waals surface area contributed by atoms with Crippen LogP contribution >= 0.6 is 0 Å². The summed E-state index contributed by atoms with van der Waals surface area (Å²) in [4.78, 5) is 44.7. The molecule has 0 saturated heterocycles. The first-order chi connectivity index (χ1) is 51.9. The van der Waals surface area contributed by atoms with Gasteiger partial charge in [-0.15, -0.1) is 106 Å². The third-order valence-corrected chi connectivity index (χ3v) is 16.3. The normalized spacial score (nSPS) is 11.0. The van der Waals surface area contributed by atoms with Crippen molar-refractivity contribution in [3.63, 3.8) is 0 Å². The van der Waals surface area contributed by atoms with E-state index in [9.17, 15) is 18.8 Å². The van der Waals surface area contributed by atoms with Gasteiger partial charge in [-0.2, -0.15) is 0 Å². The van der Waals surface area contributed by atoms with Crippen molar-refractivity contribution in [2.75, 3.05) is 0 Å². The van der Waals surface area contributed by atoms with Crippen molar-refractivity contribution in [1.82, 2.24) is 15.0 Å². The monoisotopic (exact) mass is 2010 g/mol. The second-order valence-corrected chi connectivity index (χ2v) is 26.5. The largest absolute Gasteiger partial charge is 0.512 e. The molecule has 12 nitrogen and oxygen atoms in total. The molecular formula is C95H81FIr3N3O9-3. The van der Waals surface area contributed by atoms with Gasteiger partial charge >= 0.3 is 0 Å². The molecule has 6 heterocycles. The maximum atomic E-state index is 13.2. The van der Waals surface area contributed by atoms with Crippen molar-refractivity contribution in [2.24, 2.45) is 0 Å². The van der Waals surface area contributed by atoms with Crippen LogP contribution in [0.25, 0.3) is 134 Å². The third kappa shape index (κ3) is 25.0. The number of furan rings is 3. The fraction of sp³-hybridized carbons (Fsp3) is 0.116. The van der Waals surface area contributed by atoms with Gasteiger partial charge in [-0.1, -0.05) is 198 Å². The van der Waals surface area contributed by atoms with E-state index >= 15 is 0 Å². The van der Waals surface area contributed by atoms with E-state index in [2.05, 4.69) is 137 Å². The van der Waals surface area contributed by atoms with E-state index in [1.165, 1.54) is 83.0 Å². The van der Waals surface area contributed by atoms with E-state index in [4.69, 9.17) is 43.5 Å². The van der Waals surface area contributed by atoms with Crippen molar-refractivity contribution in [2.45, 2.75) is 74.7 Å². The first-order valence-corrected chi connectivity index (χ1v) is 34.9. The van der Waals surface area contributed by atoms with Crippen molar-refractivity contribution >= 4 is 50.6 Å². The summed E-state index contributed by atoms with van der Waals surface area (Å²) in [5.41, 5.74) is 22.4. The Morgan fingerprint density at radius 1 is 0.387 bits per heavy atom. The minimum absolute atomic E-state index is 0. The molecule has 0 atom stereocenters. The van der Waals surface area contributed by atoms with Gasteiger partial charge in [0.25, 0.3) is 0 Å². The molecule has 567 valence electrons. The number of hydrogen-bond acceptors (Lipinski definition) is 12. The molecule has 3 radical (unpaired) electrons. The predicted octanol–water partition coefficient (Wildman–Crippen LogP) is 24.7. The number of benzene rings is 9. The summed E-state index contributed by atoms with van der Waals surface area (Å²) in [6.45, 7) is 17.3. The van der Waals surface area contributed by atoms with Crippen molar-refractivity contribution in [1.29, 1.82) is 0 Å². The zero-order chi connectivity index (χ0) is 76.9. The van der Waals surface area contributed by atoms with Crippen molar-refractivity contribution in [3.8, 4) is 101 Å². The molecule has 16 heteroatoms. The molecular weight excluding hydrogens is 1920 g/mol. The maximum Gasteiger partial charge on any atom is 0.155 e. The number of allylic oxidation sites excluding steroid dienone is 6. The van der Waals surface area contributed by atoms with E-state index < -0.39 is 0 Å². The van der Waals surface area contributed by atoms with Crippen molar-refractivity contribution in [3.05, 3.63) is 344 Å². The fourth-order valence-corrected chi connectivity index (χ4v) is 11.5. The second-order valence-electron chi connectivity index (χ2n) is 26.5. The number of pyridine rings is 3. The Morgan fingerprint density at radius 2 is 0.757 bits per heavy atom. The van der Waals surface area contributed by atoms with Crippen LogP contribution in [0.5, 0.6) is 0 Å². The molecule has 9 aromatic carbocycles. The van der Waals surface area contributed by atoms with Crippen molar-refractivity contribution < 1.29 is 108 Å². The Balaban J connectivity index is 0.000000203. The molecule has 0 saturated carbocycles. The molecule has 111 heavy (non-hydrogen) atoms. The average molecular weight is 2000 g/mol. The summed E-state index contributed by atoms with van der Waals surface area (Å²) in [6, 6.07) is 100.0. The minimum atomic E-state index is -0.269. The molecule has 0 aliphatic carbocycles. The molecule has 3 N–H and O–H groups in total. The Bertz CT molecular complexity index is 5600. The van der Waals surface area contributed by atoms with Crippen LogP contribution in [0.1, 0.15) is 73.4 Å². The van der Waals surface area contributed by atoms with Gasteiger partial charge in [0.05, 0.1) is 33.9 Å². The van der Waals surface area contributed by atoms with Crippen LogP contribution in [0.3, 0.4) is 0 Å². The molecule has 6 aromatic heterocycles. The van der Waals surface area contributed by atoms with Gasteiger partial charge in [-0.3, -0.25) is 29.3 Å². The number of fused-ring (bicyclic) bond motifs is 3. The smallest absolute Gasteiger partial charge is 0.155 e. The summed E-state index contributed by atoms with van der Waals surface area (Å²) < 4.78 is 31.4. The van der Waals surface area contributed by atoms with Crippen LogP contribution in [0.4, 0.5) is 4.39 Å². The first kappa shape index (κ1) is 86.8. The third-order valence-electron chi connectivity index (χ3n) is 16.3. The molecule has 0 bridgehead atoms. The van der Waals surface area contributed by atoms with Crippen LogP contribution < -0.4 is 0 Å². The molecule has 0 fully saturated rings. The number of aromatic nitrogens is 3. The molecule has 15 aromatic rings. The second kappa shape index (κ2) is 41.4. The molecule has 0 unspecified atom stereocenters. The maximum absolute atomic E-state index is 13.2. The fourth-order valence-electron chi connectivity index (χ4n) is 11.5. The van der Waals surface area contributed by atoms with E-state index in [-0.39, 0.29) is 106 Å². The van der Waals surface area contributed by atoms with Gasteiger partial charge in [0.15, 0.2) is 34.1 Å². The standard InChI is InChI=1S/C31H20NO.C25H15FNO.C24H22NO.3C5H8O2.3Ir/c1-4-11-22(12-5-1)25-17-10-18-26(21-25)27-19-20-28-30(32-27)29(23-13-6-2-7-14-23)31(33-28)24-15-8-3-9-16-24;26-21-11-9-18(10-12-21)25-16-23-24(28-25)14-13-22(27-23)20-8-4-7-19(15-20)17-5-2-1-3-6-17;1-16-12-18(14-19(13-16)24(2,3)4)20-10-11-22-21(25-20)15-23(26-22)17-8-6-5-7-9-17;3*1-4(6)3-5(2)7;;;/h1-17,19-21H;1-7,9-16H;5-11,13-15H,1-4H3;3*3,6H,1-2H3;;;/q3*-1;;;;;;. The number of halogens is 1. The van der Waals surface area contributed by atoms with Gasteiger partial charge in [0, 0.05) is 107 Å². The quantitative estimate of drug-likeness (QED) is 0.0597. The summed E-state index contributed by atoms with van der Waals surface area (Å²) in [5, 5.41) is 25.1. The number of carbonyl (C=O) groups excluding carboxylic acids is 3. The topological polar surface area (TPSA) is 190 Å². The van der Waals surface area contributed by atoms with Gasteiger partial charge in [-0.25, -0.2) is 4.39 Å². The van der Waals surface area contributed by atoms with Crippen LogP contribution in [-0.2, 0) is 80.1 Å². The van der Waals surface area contributed by atoms with E-state index in [1.807, 2.05) is 158 Å². The molecule has 0 aliphatic heterocycles. The average Bonchev–Trinajstić information content (AvgIpc) is 1.61. The van der Waals surface area contributed by atoms with Gasteiger partial charge in [-0.05, 0) is 123 Å². The number of aryl methyl sites for hydroxylation is 1. The van der Waals surface area contributed by atoms with E-state index in [0.717, 1.165) is 123 Å². The van der Waals surface area contributed by atoms with Gasteiger partial charge in [0.1, 0.15) is 28.6 Å². The van der Waals surface area contributed by atoms with E-state index in [1.54, 1.807) is 12.1 Å². The number of ketones is 3. The van der Waals surface area contributed by atoms with Crippen LogP contribution in [-0.4, -0.2) is 47.6 Å². The van der Waals surface area contributed by atoms with Gasteiger partial charge < -0.3 is 28.6 Å². The number of hydrogen-bond donors (Lipinski definition) is 3. The summed E-state index contributed by atoms with van der Waals surface area (Å²) in [6.07, 6.45) is 3.50. The number of nitrogens with zero attached hydrogens (tertiary/aromatic N) is 3. The number of carbonyl (C=O) groups is 3. The molecule has 15 rings (SSSR count). The Hall–Kier alpha value is -11.4. The minimum Gasteiger partial charge on any atom is -0.512 e. The zero-order valence-corrected chi connectivity index (χ0v) is 69.9. The molecule has 0 spiro atoms. The van der Waals surface area contributed by atoms with Crippen LogP contribution in [0.2, 0.25) is 0 Å². The van der Waals surface area contributed by atoms with Gasteiger partial charge in [0.2, 0.25) is 0 Å². The zero-order valence-electron chi connectivity index (χ0n) is 62.7. The summed E-state index contributed by atoms with van der Waals surface area (Å²) in [7, 11) is 0. The summed E-state index contributed by atoms with van der Waals surface area (Å²) >= 11 is 0. The Morgan fingerprint density at radius 3 is 1.15 bits per heavy atom. The Kier molecular flexibility index (Phi) is 32.4. The Labute approximate surface area is 687 Å². The number of aliphatic hydroxyl groups excluding tert-OH is 3. The van der Waals surface area contributed by atoms with Crippen LogP contribution in [0, 0.1) is 30.9 Å². The predicted molar refractivity (Wildman–Crippen MR) is 432 cm³/mol. The number of aliphatic hydroxyl groups is 3. The van der Waals surface area contributed by atoms with Crippen LogP contribution in [0.15, 0.2) is 322 Å². The summed E-state index contributed by atoms with van der Waals surface area (Å²) in [5.74, 6) is 1.89. The SMILES string of the molecule is CC(=O)C=C(C)O.CC(=O)C=C(C)O.CC(=O)C=C(C)O.Cc1[c-]c(-c2ccc3oc(-c4ccccc4)cc3n2)cc(C(C)(C)C)c1.Fc1ccc(-c2cc3nc(-c4[c-]ccc(-c5ccccc5)c4)ccc3o2)cc1.[Ir].[Ir].[Ir].[c-]1ccc(-c2ccccc2)cc1-c1ccc2oc(-c3ccccc3)c(-c3ccccc3)c2n1. The molecule has 0 aliphatic rings. The first-order valence-electron chi connectivity index (χ1n) is 34.9. The molecule has 0 amide bonds.